The van der Waals surface area contributed by atoms with E-state index in [9.17, 15) is 14.4 Å². The highest BCUT2D eigenvalue weighted by Gasteiger charge is 2.26. The quantitative estimate of drug-likeness (QED) is 0.271. The van der Waals surface area contributed by atoms with Crippen LogP contribution in [0.2, 0.25) is 10.2 Å². The van der Waals surface area contributed by atoms with Gasteiger partial charge in [-0.3, -0.25) is 14.4 Å². The van der Waals surface area contributed by atoms with E-state index >= 15 is 4.39 Å². The number of aromatic nitrogens is 4. The molecule has 2 aromatic heterocycles. The summed E-state index contributed by atoms with van der Waals surface area (Å²) in [5, 5.41) is 13.7. The fraction of sp³-hybridized carbons (Fsp3) is 0.429. The number of rotatable bonds is 9. The van der Waals surface area contributed by atoms with Gasteiger partial charge in [-0.1, -0.05) is 28.4 Å². The molecule has 2 N–H and O–H groups in total. The van der Waals surface area contributed by atoms with Crippen molar-refractivity contribution in [1.82, 2.24) is 35.1 Å². The molecule has 4 rings (SSSR count). The summed E-state index contributed by atoms with van der Waals surface area (Å²) in [6, 6.07) is 2.97. The Kier molecular flexibility index (Phi) is 10.2. The molecule has 1 aliphatic rings. The number of anilines is 2. The van der Waals surface area contributed by atoms with Gasteiger partial charge in [-0.15, -0.1) is 5.10 Å². The molecule has 0 aliphatic carbocycles. The van der Waals surface area contributed by atoms with Crippen molar-refractivity contribution in [3.8, 4) is 5.69 Å². The largest absolute Gasteiger partial charge is 0.367 e. The highest BCUT2D eigenvalue weighted by atomic mass is 35.5. The van der Waals surface area contributed by atoms with Crippen molar-refractivity contribution in [3.05, 3.63) is 57.3 Å². The molecule has 1 aliphatic heterocycles. The zero-order valence-electron chi connectivity index (χ0n) is 24.6. The first-order chi connectivity index (χ1) is 20.4. The molecule has 15 heteroatoms. The van der Waals surface area contributed by atoms with Gasteiger partial charge >= 0.3 is 0 Å². The summed E-state index contributed by atoms with van der Waals surface area (Å²) in [6.07, 6.45) is 3.32. The predicted molar refractivity (Wildman–Crippen MR) is 163 cm³/mol. The van der Waals surface area contributed by atoms with Crippen LogP contribution in [0.4, 0.5) is 15.8 Å². The van der Waals surface area contributed by atoms with Gasteiger partial charge in [0.2, 0.25) is 5.91 Å². The number of hydrogen-bond donors (Lipinski definition) is 2. The average molecular weight is 635 g/mol. The summed E-state index contributed by atoms with van der Waals surface area (Å²) in [6.45, 7) is 5.94. The number of hydrogen-bond acceptors (Lipinski definition) is 8. The highest BCUT2D eigenvalue weighted by Crippen LogP contribution is 2.34. The van der Waals surface area contributed by atoms with Crippen molar-refractivity contribution in [2.24, 2.45) is 0 Å². The first kappa shape index (κ1) is 32.1. The summed E-state index contributed by atoms with van der Waals surface area (Å²) in [7, 11) is 5.35. The Bertz CT molecular complexity index is 1530. The Balaban J connectivity index is 1.61. The lowest BCUT2D eigenvalue weighted by molar-refractivity contribution is -0.128. The number of piperazine rings is 1. The standard InChI is InChI=1S/C28H34Cl2FN9O3/c1-16-14-39(10-9-38(16)5)23-11-19(31)22(12-20(23)34-27(42)18-13-33-26(30)17(2)25(18)29)40-15-21(35-36-40)28(43)32-8-6-7-24(41)37(3)4/h11-13,15-16H,6-10,14H2,1-5H3,(H,32,43)(H,34,42)/t16-/m0/s1. The molecule has 1 atom stereocenters. The topological polar surface area (TPSA) is 129 Å². The molecule has 1 saturated heterocycles. The van der Waals surface area contributed by atoms with Crippen molar-refractivity contribution in [2.45, 2.75) is 32.7 Å². The second-order valence-electron chi connectivity index (χ2n) is 10.6. The average Bonchev–Trinajstić information content (AvgIpc) is 3.46. The van der Waals surface area contributed by atoms with Gasteiger partial charge < -0.3 is 25.3 Å². The number of amides is 3. The lowest BCUT2D eigenvalue weighted by Crippen LogP contribution is -2.50. The van der Waals surface area contributed by atoms with Gasteiger partial charge in [0.15, 0.2) is 11.5 Å². The zero-order chi connectivity index (χ0) is 31.4. The summed E-state index contributed by atoms with van der Waals surface area (Å²) in [5.74, 6) is -1.73. The minimum absolute atomic E-state index is 0.0270. The van der Waals surface area contributed by atoms with Gasteiger partial charge in [0, 0.05) is 70.6 Å². The van der Waals surface area contributed by atoms with Crippen LogP contribution in [-0.2, 0) is 4.79 Å². The maximum atomic E-state index is 15.6. The Morgan fingerprint density at radius 2 is 1.88 bits per heavy atom. The fourth-order valence-corrected chi connectivity index (χ4v) is 4.93. The summed E-state index contributed by atoms with van der Waals surface area (Å²) >= 11 is 12.5. The zero-order valence-corrected chi connectivity index (χ0v) is 26.1. The molecule has 0 saturated carbocycles. The van der Waals surface area contributed by atoms with E-state index in [-0.39, 0.29) is 52.0 Å². The van der Waals surface area contributed by atoms with Crippen molar-refractivity contribution in [3.63, 3.8) is 0 Å². The van der Waals surface area contributed by atoms with Crippen LogP contribution in [0.3, 0.4) is 0 Å². The van der Waals surface area contributed by atoms with Crippen molar-refractivity contribution in [1.29, 1.82) is 0 Å². The number of nitrogens with zero attached hydrogens (tertiary/aromatic N) is 7. The molecular formula is C28H34Cl2FN9O3. The number of likely N-dealkylation sites (N-methyl/N-ethyl adjacent to an activating group) is 1. The highest BCUT2D eigenvalue weighted by molar-refractivity contribution is 6.37. The van der Waals surface area contributed by atoms with Crippen LogP contribution in [-0.4, -0.2) is 101 Å². The molecule has 230 valence electrons. The molecule has 0 unspecified atom stereocenters. The number of halogens is 3. The molecule has 0 bridgehead atoms. The first-order valence-electron chi connectivity index (χ1n) is 13.7. The van der Waals surface area contributed by atoms with Crippen LogP contribution in [0.1, 0.15) is 46.2 Å². The summed E-state index contributed by atoms with van der Waals surface area (Å²) in [5.41, 5.74) is 1.31. The van der Waals surface area contributed by atoms with E-state index in [4.69, 9.17) is 23.2 Å². The van der Waals surface area contributed by atoms with Crippen LogP contribution in [0.15, 0.2) is 24.5 Å². The molecule has 3 heterocycles. The molecule has 3 amide bonds. The van der Waals surface area contributed by atoms with Gasteiger partial charge in [-0.25, -0.2) is 14.1 Å². The van der Waals surface area contributed by atoms with Crippen LogP contribution in [0.25, 0.3) is 5.69 Å². The van der Waals surface area contributed by atoms with E-state index in [2.05, 4.69) is 37.8 Å². The number of benzene rings is 1. The Morgan fingerprint density at radius 1 is 1.14 bits per heavy atom. The normalized spacial score (nSPS) is 15.3. The van der Waals surface area contributed by atoms with Gasteiger partial charge in [0.05, 0.1) is 28.2 Å². The number of pyridine rings is 1. The summed E-state index contributed by atoms with van der Waals surface area (Å²) < 4.78 is 16.8. The Labute approximate surface area is 259 Å². The van der Waals surface area contributed by atoms with E-state index in [0.717, 1.165) is 11.2 Å². The van der Waals surface area contributed by atoms with Crippen LogP contribution < -0.4 is 15.5 Å². The molecule has 3 aromatic rings. The molecule has 1 fully saturated rings. The van der Waals surface area contributed by atoms with E-state index in [0.29, 0.717) is 36.4 Å². The van der Waals surface area contributed by atoms with Crippen LogP contribution in [0, 0.1) is 12.7 Å². The van der Waals surface area contributed by atoms with E-state index in [1.807, 2.05) is 11.9 Å². The third kappa shape index (κ3) is 7.40. The second kappa shape index (κ2) is 13.7. The molecular weight excluding hydrogens is 600 g/mol. The van der Waals surface area contributed by atoms with Crippen molar-refractivity contribution in [2.75, 3.05) is 57.5 Å². The van der Waals surface area contributed by atoms with Gasteiger partial charge in [-0.05, 0) is 33.4 Å². The molecule has 43 heavy (non-hydrogen) atoms. The molecule has 0 radical (unpaired) electrons. The van der Waals surface area contributed by atoms with Gasteiger partial charge in [0.1, 0.15) is 10.8 Å². The monoisotopic (exact) mass is 633 g/mol. The summed E-state index contributed by atoms with van der Waals surface area (Å²) in [4.78, 5) is 47.4. The Hall–Kier alpha value is -3.81. The van der Waals surface area contributed by atoms with Crippen LogP contribution in [0.5, 0.6) is 0 Å². The lowest BCUT2D eigenvalue weighted by Gasteiger charge is -2.39. The van der Waals surface area contributed by atoms with Gasteiger partial charge in [0.25, 0.3) is 11.8 Å². The minimum Gasteiger partial charge on any atom is -0.367 e. The number of carbonyl (C=O) groups is 3. The third-order valence-corrected chi connectivity index (χ3v) is 8.23. The molecule has 12 nitrogen and oxygen atoms in total. The van der Waals surface area contributed by atoms with Crippen LogP contribution >= 0.6 is 23.2 Å². The number of carbonyl (C=O) groups excluding carboxylic acids is 3. The molecule has 0 spiro atoms. The van der Waals surface area contributed by atoms with E-state index < -0.39 is 17.6 Å². The van der Waals surface area contributed by atoms with Gasteiger partial charge in [-0.2, -0.15) is 0 Å². The fourth-order valence-electron chi connectivity index (χ4n) is 4.51. The molecule has 1 aromatic carbocycles. The van der Waals surface area contributed by atoms with E-state index in [1.54, 1.807) is 21.0 Å². The van der Waals surface area contributed by atoms with Crippen molar-refractivity contribution >= 4 is 52.3 Å². The van der Waals surface area contributed by atoms with Crippen molar-refractivity contribution < 1.29 is 18.8 Å². The number of nitrogens with one attached hydrogen (secondary N) is 2. The Morgan fingerprint density at radius 3 is 2.58 bits per heavy atom. The minimum atomic E-state index is -0.624. The smallest absolute Gasteiger partial charge is 0.273 e. The third-order valence-electron chi connectivity index (χ3n) is 7.37. The lowest BCUT2D eigenvalue weighted by atomic mass is 10.1. The van der Waals surface area contributed by atoms with E-state index in [1.165, 1.54) is 29.4 Å². The first-order valence-corrected chi connectivity index (χ1v) is 14.4. The predicted octanol–water partition coefficient (Wildman–Crippen LogP) is 3.41. The maximum Gasteiger partial charge on any atom is 0.273 e. The maximum absolute atomic E-state index is 15.6. The SMILES string of the molecule is Cc1c(Cl)ncc(C(=O)Nc2cc(-n3cc(C(=O)NCCCC(=O)N(C)C)nn3)c(F)cc2N2CCN(C)[C@@H](C)C2)c1Cl. The second-order valence-corrected chi connectivity index (χ2v) is 11.4.